The predicted molar refractivity (Wildman–Crippen MR) is 78.6 cm³/mol. The van der Waals surface area contributed by atoms with E-state index in [-0.39, 0.29) is 5.41 Å². The van der Waals surface area contributed by atoms with Crippen LogP contribution in [0.5, 0.6) is 0 Å². The van der Waals surface area contributed by atoms with E-state index in [1.165, 1.54) is 0 Å². The monoisotopic (exact) mass is 304 g/mol. The summed E-state index contributed by atoms with van der Waals surface area (Å²) in [6.07, 6.45) is -0.530. The van der Waals surface area contributed by atoms with Crippen molar-refractivity contribution in [3.05, 3.63) is 70.2 Å². The molecule has 2 rings (SSSR count). The standard InChI is InChI=1S/C16H17BrO/c1-16(2,13-8-4-3-5-9-13)15(18)12-7-6-10-14(17)11-12/h3-11,15,18H,1-2H3. The Bertz CT molecular complexity index is 520. The minimum atomic E-state index is -0.530. The van der Waals surface area contributed by atoms with E-state index in [0.29, 0.717) is 0 Å². The van der Waals surface area contributed by atoms with Crippen LogP contribution in [0.2, 0.25) is 0 Å². The first-order chi connectivity index (χ1) is 8.51. The molecule has 2 aromatic carbocycles. The fourth-order valence-electron chi connectivity index (χ4n) is 2.12. The molecule has 0 aliphatic heterocycles. The van der Waals surface area contributed by atoms with Crippen molar-refractivity contribution in [2.75, 3.05) is 0 Å². The van der Waals surface area contributed by atoms with Gasteiger partial charge in [-0.3, -0.25) is 0 Å². The van der Waals surface area contributed by atoms with Crippen LogP contribution < -0.4 is 0 Å². The highest BCUT2D eigenvalue weighted by molar-refractivity contribution is 9.10. The fraction of sp³-hybridized carbons (Fsp3) is 0.250. The summed E-state index contributed by atoms with van der Waals surface area (Å²) < 4.78 is 0.989. The van der Waals surface area contributed by atoms with Gasteiger partial charge in [-0.05, 0) is 23.3 Å². The van der Waals surface area contributed by atoms with E-state index in [9.17, 15) is 5.11 Å². The van der Waals surface area contributed by atoms with Crippen molar-refractivity contribution in [3.8, 4) is 0 Å². The lowest BCUT2D eigenvalue weighted by atomic mass is 9.77. The van der Waals surface area contributed by atoms with Gasteiger partial charge >= 0.3 is 0 Å². The summed E-state index contributed by atoms with van der Waals surface area (Å²) in [5, 5.41) is 10.6. The second kappa shape index (κ2) is 5.25. The van der Waals surface area contributed by atoms with E-state index in [0.717, 1.165) is 15.6 Å². The van der Waals surface area contributed by atoms with Crippen LogP contribution in [0.1, 0.15) is 31.1 Å². The molecule has 1 atom stereocenters. The average molecular weight is 305 g/mol. The van der Waals surface area contributed by atoms with Crippen molar-refractivity contribution < 1.29 is 5.11 Å². The van der Waals surface area contributed by atoms with Crippen LogP contribution in [-0.4, -0.2) is 5.11 Å². The molecule has 0 bridgehead atoms. The Hall–Kier alpha value is -1.12. The first-order valence-electron chi connectivity index (χ1n) is 6.01. The van der Waals surface area contributed by atoms with E-state index in [1.54, 1.807) is 0 Å². The second-order valence-electron chi connectivity index (χ2n) is 5.05. The maximum atomic E-state index is 10.6. The molecular weight excluding hydrogens is 288 g/mol. The van der Waals surface area contributed by atoms with Crippen LogP contribution in [-0.2, 0) is 5.41 Å². The van der Waals surface area contributed by atoms with Gasteiger partial charge in [0.1, 0.15) is 0 Å². The number of rotatable bonds is 3. The molecule has 0 fully saturated rings. The highest BCUT2D eigenvalue weighted by Gasteiger charge is 2.30. The normalized spacial score (nSPS) is 13.3. The summed E-state index contributed by atoms with van der Waals surface area (Å²) in [6, 6.07) is 18.0. The maximum absolute atomic E-state index is 10.6. The van der Waals surface area contributed by atoms with Crippen LogP contribution in [0, 0.1) is 0 Å². The van der Waals surface area contributed by atoms with Crippen molar-refractivity contribution in [2.24, 2.45) is 0 Å². The molecule has 0 aliphatic carbocycles. The Balaban J connectivity index is 2.36. The van der Waals surface area contributed by atoms with Crippen LogP contribution >= 0.6 is 15.9 Å². The van der Waals surface area contributed by atoms with Crippen LogP contribution in [0.4, 0.5) is 0 Å². The second-order valence-corrected chi connectivity index (χ2v) is 5.96. The number of aliphatic hydroxyl groups excluding tert-OH is 1. The summed E-state index contributed by atoms with van der Waals surface area (Å²) in [4.78, 5) is 0. The van der Waals surface area contributed by atoms with Gasteiger partial charge in [0.15, 0.2) is 0 Å². The van der Waals surface area contributed by atoms with Gasteiger partial charge < -0.3 is 5.11 Å². The lowest BCUT2D eigenvalue weighted by Crippen LogP contribution is -2.26. The zero-order valence-corrected chi connectivity index (χ0v) is 12.2. The maximum Gasteiger partial charge on any atom is 0.0881 e. The van der Waals surface area contributed by atoms with Gasteiger partial charge in [-0.2, -0.15) is 0 Å². The number of halogens is 1. The first kappa shape index (κ1) is 13.3. The smallest absolute Gasteiger partial charge is 0.0881 e. The summed E-state index contributed by atoms with van der Waals surface area (Å²) >= 11 is 3.44. The highest BCUT2D eigenvalue weighted by Crippen LogP contribution is 2.37. The zero-order chi connectivity index (χ0) is 13.2. The van der Waals surface area contributed by atoms with Gasteiger partial charge in [-0.1, -0.05) is 72.2 Å². The molecule has 94 valence electrons. The predicted octanol–water partition coefficient (Wildman–Crippen LogP) is 4.46. The first-order valence-corrected chi connectivity index (χ1v) is 6.80. The molecule has 0 radical (unpaired) electrons. The number of hydrogen-bond acceptors (Lipinski definition) is 1. The van der Waals surface area contributed by atoms with E-state index in [1.807, 2.05) is 42.5 Å². The van der Waals surface area contributed by atoms with Gasteiger partial charge in [0.2, 0.25) is 0 Å². The van der Waals surface area contributed by atoms with Gasteiger partial charge in [0, 0.05) is 9.89 Å². The quantitative estimate of drug-likeness (QED) is 0.887. The average Bonchev–Trinajstić information content (AvgIpc) is 2.39. The molecule has 2 heteroatoms. The third kappa shape index (κ3) is 2.65. The minimum Gasteiger partial charge on any atom is -0.388 e. The number of hydrogen-bond donors (Lipinski definition) is 1. The Kier molecular flexibility index (Phi) is 3.88. The van der Waals surface area contributed by atoms with E-state index >= 15 is 0 Å². The molecular formula is C16H17BrO. The van der Waals surface area contributed by atoms with Gasteiger partial charge in [0.25, 0.3) is 0 Å². The number of aliphatic hydroxyl groups is 1. The van der Waals surface area contributed by atoms with Crippen molar-refractivity contribution in [1.29, 1.82) is 0 Å². The Labute approximate surface area is 117 Å². The molecule has 1 nitrogen and oxygen atoms in total. The van der Waals surface area contributed by atoms with Gasteiger partial charge in [0.05, 0.1) is 6.10 Å². The fourth-order valence-corrected chi connectivity index (χ4v) is 2.54. The van der Waals surface area contributed by atoms with E-state index in [4.69, 9.17) is 0 Å². The summed E-state index contributed by atoms with van der Waals surface area (Å²) in [6.45, 7) is 4.13. The third-order valence-corrected chi connectivity index (χ3v) is 3.86. The summed E-state index contributed by atoms with van der Waals surface area (Å²) in [5.41, 5.74) is 1.75. The van der Waals surface area contributed by atoms with Crippen molar-refractivity contribution in [1.82, 2.24) is 0 Å². The molecule has 0 saturated heterocycles. The molecule has 0 saturated carbocycles. The zero-order valence-electron chi connectivity index (χ0n) is 10.6. The summed E-state index contributed by atoms with van der Waals surface area (Å²) in [7, 11) is 0. The molecule has 0 spiro atoms. The minimum absolute atomic E-state index is 0.317. The van der Waals surface area contributed by atoms with Crippen LogP contribution in [0.15, 0.2) is 59.1 Å². The Morgan fingerprint density at radius 2 is 1.67 bits per heavy atom. The topological polar surface area (TPSA) is 20.2 Å². The third-order valence-electron chi connectivity index (χ3n) is 3.37. The highest BCUT2D eigenvalue weighted by atomic mass is 79.9. The molecule has 1 unspecified atom stereocenters. The van der Waals surface area contributed by atoms with Crippen LogP contribution in [0.3, 0.4) is 0 Å². The molecule has 2 aromatic rings. The SMILES string of the molecule is CC(C)(c1ccccc1)C(O)c1cccc(Br)c1. The molecule has 0 aromatic heterocycles. The lowest BCUT2D eigenvalue weighted by Gasteiger charge is -2.31. The van der Waals surface area contributed by atoms with E-state index < -0.39 is 6.10 Å². The Morgan fingerprint density at radius 3 is 2.28 bits per heavy atom. The summed E-state index contributed by atoms with van der Waals surface area (Å²) in [5.74, 6) is 0. The Morgan fingerprint density at radius 1 is 1.00 bits per heavy atom. The van der Waals surface area contributed by atoms with Crippen molar-refractivity contribution >= 4 is 15.9 Å². The van der Waals surface area contributed by atoms with Crippen molar-refractivity contribution in [3.63, 3.8) is 0 Å². The van der Waals surface area contributed by atoms with Crippen LogP contribution in [0.25, 0.3) is 0 Å². The van der Waals surface area contributed by atoms with Gasteiger partial charge in [-0.15, -0.1) is 0 Å². The van der Waals surface area contributed by atoms with Gasteiger partial charge in [-0.25, -0.2) is 0 Å². The molecule has 0 amide bonds. The molecule has 18 heavy (non-hydrogen) atoms. The molecule has 0 heterocycles. The van der Waals surface area contributed by atoms with Crippen molar-refractivity contribution in [2.45, 2.75) is 25.4 Å². The van der Waals surface area contributed by atoms with E-state index in [2.05, 4.69) is 41.9 Å². The largest absolute Gasteiger partial charge is 0.388 e. The number of benzene rings is 2. The molecule has 0 aliphatic rings. The molecule has 1 N–H and O–H groups in total. The lowest BCUT2D eigenvalue weighted by molar-refractivity contribution is 0.100.